The lowest BCUT2D eigenvalue weighted by atomic mass is 10.1. The van der Waals surface area contributed by atoms with Crippen molar-refractivity contribution in [3.63, 3.8) is 0 Å². The van der Waals surface area contributed by atoms with E-state index in [9.17, 15) is 4.57 Å². The smallest absolute Gasteiger partial charge is 0.292 e. The van der Waals surface area contributed by atoms with Crippen molar-refractivity contribution in [3.05, 3.63) is 5.76 Å². The van der Waals surface area contributed by atoms with E-state index in [1.54, 1.807) is 0 Å². The Morgan fingerprint density at radius 3 is 2.71 bits per heavy atom. The van der Waals surface area contributed by atoms with Crippen molar-refractivity contribution in [1.82, 2.24) is 4.98 Å². The maximum Gasteiger partial charge on any atom is 0.292 e. The first-order chi connectivity index (χ1) is 8.17. The molecule has 0 saturated carbocycles. The van der Waals surface area contributed by atoms with Crippen molar-refractivity contribution in [2.45, 2.75) is 26.2 Å². The molecule has 2 bridgehead atoms. The Labute approximate surface area is 97.4 Å². The summed E-state index contributed by atoms with van der Waals surface area (Å²) in [5.74, 6) is 1.37. The van der Waals surface area contributed by atoms with Crippen LogP contribution in [0.4, 0.5) is 6.01 Å². The van der Waals surface area contributed by atoms with Gasteiger partial charge in [-0.1, -0.05) is 13.3 Å². The van der Waals surface area contributed by atoms with Crippen molar-refractivity contribution in [3.8, 4) is 11.5 Å². The Bertz CT molecular complexity index is 689. The first-order valence-electron chi connectivity index (χ1n) is 5.72. The first-order valence-corrected chi connectivity index (χ1v) is 7.42. The molecule has 2 aromatic heterocycles. The minimum Gasteiger partial charge on any atom is -0.449 e. The van der Waals surface area contributed by atoms with E-state index >= 15 is 0 Å². The van der Waals surface area contributed by atoms with E-state index in [-0.39, 0.29) is 6.01 Å². The van der Waals surface area contributed by atoms with Gasteiger partial charge in [-0.2, -0.15) is 4.98 Å². The van der Waals surface area contributed by atoms with Crippen molar-refractivity contribution in [2.24, 2.45) is 0 Å². The number of rotatable bonds is 4. The van der Waals surface area contributed by atoms with Crippen molar-refractivity contribution in [2.75, 3.05) is 5.73 Å². The summed E-state index contributed by atoms with van der Waals surface area (Å²) >= 11 is 0. The summed E-state index contributed by atoms with van der Waals surface area (Å²) in [6.07, 6.45) is 2.86. The average molecular weight is 250 g/mol. The molecule has 1 atom stereocenters. The predicted molar refractivity (Wildman–Crippen MR) is 63.7 cm³/mol. The molecule has 0 radical (unpaired) electrons. The van der Waals surface area contributed by atoms with Gasteiger partial charge in [-0.15, -0.1) is 0 Å². The third kappa shape index (κ3) is 0.967. The van der Waals surface area contributed by atoms with Crippen molar-refractivity contribution in [1.29, 1.82) is 0 Å². The summed E-state index contributed by atoms with van der Waals surface area (Å²) in [6, 6.07) is 0.148. The average Bonchev–Trinajstić information content (AvgIpc) is 2.89. The second-order valence-corrected chi connectivity index (χ2v) is 6.99. The maximum atomic E-state index is 11.9. The molecule has 0 fully saturated rings. The lowest BCUT2D eigenvalue weighted by molar-refractivity contribution is 0.512. The van der Waals surface area contributed by atoms with Crippen LogP contribution < -0.4 is 21.8 Å². The molecule has 5 nitrogen and oxygen atoms in total. The molecule has 2 N–H and O–H groups in total. The molecule has 0 aliphatic carbocycles. The number of fused-ring (bicyclic) bond motifs is 1. The van der Waals surface area contributed by atoms with E-state index in [0.29, 0.717) is 17.0 Å². The molecular weight excluding hydrogens is 239 g/mol. The standard InChI is InChI=1S/C11H11N2O3P/c1-2-3-4-5-6(13-11(12)15-5)7-8-9-10(16-7)17(8,9)14/h2-4H2,1H3,(H2,12,13). The van der Waals surface area contributed by atoms with Crippen LogP contribution in [0.1, 0.15) is 25.5 Å². The van der Waals surface area contributed by atoms with Gasteiger partial charge in [0.15, 0.2) is 17.0 Å². The monoisotopic (exact) mass is 250 g/mol. The topological polar surface area (TPSA) is 82.3 Å². The van der Waals surface area contributed by atoms with E-state index in [1.165, 1.54) is 0 Å². The van der Waals surface area contributed by atoms with Gasteiger partial charge in [0.05, 0.1) is 10.6 Å². The quantitative estimate of drug-likeness (QED) is 0.549. The highest BCUT2D eigenvalue weighted by atomic mass is 31.2. The third-order valence-corrected chi connectivity index (χ3v) is 5.90. The fourth-order valence-electron chi connectivity index (χ4n) is 2.31. The Balaban J connectivity index is 1.77. The van der Waals surface area contributed by atoms with Gasteiger partial charge in [0.1, 0.15) is 5.76 Å². The van der Waals surface area contributed by atoms with Crippen LogP contribution in [-0.4, -0.2) is 4.98 Å². The number of nitrogens with zero attached hydrogens (tertiary/aromatic N) is 1. The number of aryl methyl sites for hydroxylation is 1. The van der Waals surface area contributed by atoms with Crippen LogP contribution in [0, 0.1) is 0 Å². The van der Waals surface area contributed by atoms with Gasteiger partial charge in [-0.3, -0.25) is 0 Å². The number of hydrogen-bond donors (Lipinski definition) is 1. The fraction of sp³-hybridized carbons (Fsp3) is 0.364. The number of unbranched alkanes of at least 4 members (excludes halogenated alkanes) is 1. The lowest BCUT2D eigenvalue weighted by Crippen LogP contribution is -1.97. The normalized spacial score (nSPS) is 22.6. The lowest BCUT2D eigenvalue weighted by Gasteiger charge is -1.95. The molecule has 0 aromatic carbocycles. The molecule has 0 amide bonds. The zero-order chi connectivity index (χ0) is 11.8. The van der Waals surface area contributed by atoms with E-state index in [4.69, 9.17) is 14.6 Å². The number of aromatic nitrogens is 1. The fourth-order valence-corrected chi connectivity index (χ4v) is 4.80. The van der Waals surface area contributed by atoms with Gasteiger partial charge in [0.25, 0.3) is 6.01 Å². The van der Waals surface area contributed by atoms with Gasteiger partial charge in [0.2, 0.25) is 7.14 Å². The number of oxazole rings is 1. The molecule has 2 aromatic rings. The second-order valence-electron chi connectivity index (χ2n) is 4.47. The van der Waals surface area contributed by atoms with Crippen LogP contribution in [-0.2, 0) is 11.0 Å². The second kappa shape index (κ2) is 2.67. The van der Waals surface area contributed by atoms with E-state index < -0.39 is 7.14 Å². The van der Waals surface area contributed by atoms with Crippen LogP contribution >= 0.6 is 7.14 Å². The molecule has 6 heteroatoms. The minimum atomic E-state index is -2.18. The number of nitrogen functional groups attached to an aromatic ring is 1. The minimum absolute atomic E-state index is 0.148. The van der Waals surface area contributed by atoms with E-state index in [1.807, 2.05) is 0 Å². The Morgan fingerprint density at radius 2 is 2.12 bits per heavy atom. The van der Waals surface area contributed by atoms with Gasteiger partial charge in [-0.05, 0) is 6.42 Å². The van der Waals surface area contributed by atoms with Crippen LogP contribution in [0.25, 0.3) is 11.5 Å². The predicted octanol–water partition coefficient (Wildman–Crippen LogP) is 1.13. The third-order valence-electron chi connectivity index (χ3n) is 3.34. The first kappa shape index (κ1) is 9.54. The molecular formula is C11H11N2O3P. The highest BCUT2D eigenvalue weighted by Gasteiger charge is 2.75. The summed E-state index contributed by atoms with van der Waals surface area (Å²) in [7, 11) is -2.18. The Hall–Kier alpha value is -1.48. The summed E-state index contributed by atoms with van der Waals surface area (Å²) in [4.78, 5) is 4.15. The van der Waals surface area contributed by atoms with Crippen LogP contribution in [0.2, 0.25) is 0 Å². The number of hydrogen-bond acceptors (Lipinski definition) is 5. The summed E-state index contributed by atoms with van der Waals surface area (Å²) in [6.45, 7) is 2.11. The highest BCUT2D eigenvalue weighted by Crippen LogP contribution is 2.70. The summed E-state index contributed by atoms with van der Waals surface area (Å²) in [5.41, 5.74) is 6.91. The van der Waals surface area contributed by atoms with Crippen molar-refractivity contribution < 1.29 is 13.4 Å². The van der Waals surface area contributed by atoms with Crippen LogP contribution in [0.3, 0.4) is 0 Å². The molecule has 3 aliphatic heterocycles. The Kier molecular flexibility index (Phi) is 1.50. The molecule has 5 heterocycles. The van der Waals surface area contributed by atoms with Gasteiger partial charge >= 0.3 is 0 Å². The van der Waals surface area contributed by atoms with Crippen LogP contribution in [0.15, 0.2) is 8.83 Å². The zero-order valence-corrected chi connectivity index (χ0v) is 10.2. The van der Waals surface area contributed by atoms with E-state index in [2.05, 4.69) is 11.9 Å². The highest BCUT2D eigenvalue weighted by molar-refractivity contribution is 8.06. The molecule has 17 heavy (non-hydrogen) atoms. The molecule has 88 valence electrons. The molecule has 0 saturated heterocycles. The number of furan rings is 1. The van der Waals surface area contributed by atoms with Crippen LogP contribution in [0.5, 0.6) is 0 Å². The van der Waals surface area contributed by atoms with Gasteiger partial charge < -0.3 is 19.1 Å². The maximum absolute atomic E-state index is 11.9. The molecule has 3 aliphatic rings. The Morgan fingerprint density at radius 1 is 1.35 bits per heavy atom. The van der Waals surface area contributed by atoms with Gasteiger partial charge in [-0.25, -0.2) is 0 Å². The summed E-state index contributed by atoms with van der Waals surface area (Å²) in [5, 5.41) is 1.81. The number of nitrogens with two attached hydrogens (primary N) is 1. The SMILES string of the molecule is CCCCc1oc(N)nc1-c1oc2c3c1P23=O. The van der Waals surface area contributed by atoms with E-state index in [0.717, 1.165) is 35.6 Å². The number of anilines is 1. The molecule has 1 unspecified atom stereocenters. The van der Waals surface area contributed by atoms with Crippen molar-refractivity contribution >= 4 is 29.3 Å². The zero-order valence-electron chi connectivity index (χ0n) is 9.32. The summed E-state index contributed by atoms with van der Waals surface area (Å²) < 4.78 is 22.8. The van der Waals surface area contributed by atoms with Gasteiger partial charge in [0, 0.05) is 6.42 Å². The molecule has 0 spiro atoms. The largest absolute Gasteiger partial charge is 0.449 e. The molecule has 5 rings (SSSR count).